The molecule has 0 fully saturated rings. The standard InChI is InChI=1S/C24H24N4O/c1-15-12-21(13-16(2)22(15)29-4)24(27-17(3)23(25)28-24)20-7-5-6-19(14-20)18-8-10-26-11-9-18/h5-14H,1-4H3,(H2,25,28). The quantitative estimate of drug-likeness (QED) is 0.724. The third kappa shape index (κ3) is 3.18. The predicted octanol–water partition coefficient (Wildman–Crippen LogP) is 4.41. The fourth-order valence-electron chi connectivity index (χ4n) is 3.94. The van der Waals surface area contributed by atoms with Crippen LogP contribution in [-0.2, 0) is 5.66 Å². The highest BCUT2D eigenvalue weighted by Crippen LogP contribution is 2.42. The molecule has 4 rings (SSSR count). The van der Waals surface area contributed by atoms with Gasteiger partial charge in [-0.1, -0.05) is 18.2 Å². The first kappa shape index (κ1) is 18.9. The van der Waals surface area contributed by atoms with Crippen LogP contribution in [0.2, 0.25) is 0 Å². The van der Waals surface area contributed by atoms with Crippen molar-refractivity contribution in [2.75, 3.05) is 7.11 Å². The maximum absolute atomic E-state index is 6.20. The van der Waals surface area contributed by atoms with Crippen molar-refractivity contribution in [3.63, 3.8) is 0 Å². The number of aliphatic imine (C=N–C) groups is 2. The number of amidine groups is 1. The first-order valence-corrected chi connectivity index (χ1v) is 9.53. The Kier molecular flexibility index (Phi) is 4.66. The molecular weight excluding hydrogens is 360 g/mol. The number of pyridine rings is 1. The van der Waals surface area contributed by atoms with Crippen molar-refractivity contribution in [3.8, 4) is 16.9 Å². The van der Waals surface area contributed by atoms with Gasteiger partial charge in [-0.05, 0) is 73.4 Å². The summed E-state index contributed by atoms with van der Waals surface area (Å²) in [5, 5.41) is 0. The van der Waals surface area contributed by atoms with E-state index in [1.165, 1.54) is 0 Å². The van der Waals surface area contributed by atoms with Gasteiger partial charge in [0.1, 0.15) is 11.6 Å². The number of nitrogens with zero attached hydrogens (tertiary/aromatic N) is 3. The molecule has 29 heavy (non-hydrogen) atoms. The van der Waals surface area contributed by atoms with Crippen LogP contribution in [0, 0.1) is 13.8 Å². The second-order valence-corrected chi connectivity index (χ2v) is 7.33. The lowest BCUT2D eigenvalue weighted by atomic mass is 9.88. The maximum atomic E-state index is 6.20. The third-order valence-electron chi connectivity index (χ3n) is 5.33. The zero-order valence-electron chi connectivity index (χ0n) is 17.1. The molecule has 1 aliphatic rings. The molecule has 146 valence electrons. The van der Waals surface area contributed by atoms with E-state index in [0.29, 0.717) is 5.84 Å². The number of aromatic nitrogens is 1. The van der Waals surface area contributed by atoms with Crippen LogP contribution >= 0.6 is 0 Å². The predicted molar refractivity (Wildman–Crippen MR) is 118 cm³/mol. The largest absolute Gasteiger partial charge is 0.496 e. The minimum atomic E-state index is -0.904. The maximum Gasteiger partial charge on any atom is 0.204 e. The minimum Gasteiger partial charge on any atom is -0.496 e. The zero-order chi connectivity index (χ0) is 20.6. The first-order chi connectivity index (χ1) is 13.9. The first-order valence-electron chi connectivity index (χ1n) is 9.53. The Morgan fingerprint density at radius 3 is 2.10 bits per heavy atom. The highest BCUT2D eigenvalue weighted by atomic mass is 16.5. The number of hydrogen-bond donors (Lipinski definition) is 1. The van der Waals surface area contributed by atoms with Crippen molar-refractivity contribution in [1.82, 2.24) is 4.98 Å². The summed E-state index contributed by atoms with van der Waals surface area (Å²) >= 11 is 0. The molecule has 2 heterocycles. The number of rotatable bonds is 4. The molecule has 0 bridgehead atoms. The van der Waals surface area contributed by atoms with E-state index in [1.54, 1.807) is 19.5 Å². The molecule has 0 saturated carbocycles. The average Bonchev–Trinajstić information content (AvgIpc) is 3.04. The van der Waals surface area contributed by atoms with E-state index >= 15 is 0 Å². The summed E-state index contributed by atoms with van der Waals surface area (Å²) in [6.45, 7) is 5.97. The fourth-order valence-corrected chi connectivity index (χ4v) is 3.94. The summed E-state index contributed by atoms with van der Waals surface area (Å²) in [7, 11) is 1.69. The Labute approximate surface area is 171 Å². The lowest BCUT2D eigenvalue weighted by Crippen LogP contribution is -2.23. The van der Waals surface area contributed by atoms with Gasteiger partial charge in [0.2, 0.25) is 5.66 Å². The summed E-state index contributed by atoms with van der Waals surface area (Å²) in [6, 6.07) is 16.5. The molecule has 0 saturated heterocycles. The summed E-state index contributed by atoms with van der Waals surface area (Å²) < 4.78 is 5.55. The second-order valence-electron chi connectivity index (χ2n) is 7.33. The van der Waals surface area contributed by atoms with E-state index in [4.69, 9.17) is 20.5 Å². The van der Waals surface area contributed by atoms with Crippen molar-refractivity contribution in [1.29, 1.82) is 0 Å². The lowest BCUT2D eigenvalue weighted by Gasteiger charge is -2.26. The van der Waals surface area contributed by atoms with Crippen LogP contribution in [-0.4, -0.2) is 23.6 Å². The molecule has 0 radical (unpaired) electrons. The van der Waals surface area contributed by atoms with Crippen LogP contribution in [0.1, 0.15) is 29.2 Å². The molecule has 5 nitrogen and oxygen atoms in total. The zero-order valence-corrected chi connectivity index (χ0v) is 17.1. The molecule has 5 heteroatoms. The number of ether oxygens (including phenoxy) is 1. The van der Waals surface area contributed by atoms with Crippen molar-refractivity contribution < 1.29 is 4.74 Å². The number of hydrogen-bond acceptors (Lipinski definition) is 5. The highest BCUT2D eigenvalue weighted by molar-refractivity contribution is 6.41. The molecule has 2 aromatic carbocycles. The number of nitrogens with two attached hydrogens (primary N) is 1. The van der Waals surface area contributed by atoms with E-state index in [-0.39, 0.29) is 0 Å². The molecule has 1 aromatic heterocycles. The van der Waals surface area contributed by atoms with Gasteiger partial charge in [0.25, 0.3) is 0 Å². The van der Waals surface area contributed by atoms with E-state index in [9.17, 15) is 0 Å². The van der Waals surface area contributed by atoms with Gasteiger partial charge < -0.3 is 10.5 Å². The van der Waals surface area contributed by atoms with Crippen LogP contribution in [0.5, 0.6) is 5.75 Å². The average molecular weight is 384 g/mol. The second kappa shape index (κ2) is 7.17. The third-order valence-corrected chi connectivity index (χ3v) is 5.33. The van der Waals surface area contributed by atoms with Crippen LogP contribution in [0.3, 0.4) is 0 Å². The number of aryl methyl sites for hydroxylation is 2. The Balaban J connectivity index is 1.94. The number of benzene rings is 2. The van der Waals surface area contributed by atoms with Crippen LogP contribution < -0.4 is 10.5 Å². The summed E-state index contributed by atoms with van der Waals surface area (Å²) in [5.41, 5.74) is 12.2. The van der Waals surface area contributed by atoms with Gasteiger partial charge in [0, 0.05) is 23.5 Å². The Bertz CT molecular complexity index is 1090. The molecule has 2 N–H and O–H groups in total. The van der Waals surface area contributed by atoms with Gasteiger partial charge in [0.15, 0.2) is 0 Å². The molecule has 0 amide bonds. The smallest absolute Gasteiger partial charge is 0.204 e. The van der Waals surface area contributed by atoms with Crippen molar-refractivity contribution >= 4 is 11.5 Å². The molecule has 1 aliphatic heterocycles. The monoisotopic (exact) mass is 384 g/mol. The summed E-state index contributed by atoms with van der Waals surface area (Å²) in [4.78, 5) is 13.9. The highest BCUT2D eigenvalue weighted by Gasteiger charge is 2.39. The molecule has 0 aliphatic carbocycles. The fraction of sp³-hybridized carbons (Fsp3) is 0.208. The summed E-state index contributed by atoms with van der Waals surface area (Å²) in [5.74, 6) is 1.34. The van der Waals surface area contributed by atoms with Crippen LogP contribution in [0.25, 0.3) is 11.1 Å². The van der Waals surface area contributed by atoms with Gasteiger partial charge in [-0.25, -0.2) is 9.98 Å². The van der Waals surface area contributed by atoms with Crippen molar-refractivity contribution in [2.45, 2.75) is 26.4 Å². The lowest BCUT2D eigenvalue weighted by molar-refractivity contribution is 0.408. The SMILES string of the molecule is COc1c(C)cc(C2(c3cccc(-c4ccncc4)c3)N=C(C)C(N)=N2)cc1C. The van der Waals surface area contributed by atoms with Crippen molar-refractivity contribution in [2.24, 2.45) is 15.7 Å². The van der Waals surface area contributed by atoms with Crippen molar-refractivity contribution in [3.05, 3.63) is 83.2 Å². The van der Waals surface area contributed by atoms with Gasteiger partial charge in [-0.2, -0.15) is 0 Å². The Morgan fingerprint density at radius 1 is 0.828 bits per heavy atom. The molecular formula is C24H24N4O. The molecule has 1 unspecified atom stereocenters. The van der Waals surface area contributed by atoms with Gasteiger partial charge in [0.05, 0.1) is 12.8 Å². The minimum absolute atomic E-state index is 0.463. The van der Waals surface area contributed by atoms with Crippen LogP contribution in [0.15, 0.2) is 70.9 Å². The van der Waals surface area contributed by atoms with E-state index in [0.717, 1.165) is 44.8 Å². The molecule has 0 spiro atoms. The van der Waals surface area contributed by atoms with E-state index in [1.807, 2.05) is 39.0 Å². The normalized spacial score (nSPS) is 18.3. The van der Waals surface area contributed by atoms with E-state index in [2.05, 4.69) is 35.3 Å². The van der Waals surface area contributed by atoms with Gasteiger partial charge in [-0.3, -0.25) is 4.98 Å². The number of methoxy groups -OCH3 is 1. The Hall–Kier alpha value is -3.47. The molecule has 1 atom stereocenters. The van der Waals surface area contributed by atoms with Gasteiger partial charge in [-0.15, -0.1) is 0 Å². The van der Waals surface area contributed by atoms with Crippen LogP contribution in [0.4, 0.5) is 0 Å². The Morgan fingerprint density at radius 2 is 1.52 bits per heavy atom. The topological polar surface area (TPSA) is 72.9 Å². The van der Waals surface area contributed by atoms with E-state index < -0.39 is 5.66 Å². The van der Waals surface area contributed by atoms with Gasteiger partial charge >= 0.3 is 0 Å². The molecule has 3 aromatic rings. The summed E-state index contributed by atoms with van der Waals surface area (Å²) in [6.07, 6.45) is 3.59.